The summed E-state index contributed by atoms with van der Waals surface area (Å²) in [6.07, 6.45) is 0. The number of esters is 1. The number of hydrogen-bond acceptors (Lipinski definition) is 6. The van der Waals surface area contributed by atoms with E-state index in [9.17, 15) is 18.0 Å². The third kappa shape index (κ3) is 4.27. The van der Waals surface area contributed by atoms with Crippen molar-refractivity contribution < 1.29 is 27.5 Å². The molecule has 0 saturated carbocycles. The van der Waals surface area contributed by atoms with Crippen LogP contribution in [0.15, 0.2) is 29.2 Å². The number of likely N-dealkylation sites (N-methyl/N-ethyl adjacent to an activating group) is 1. The van der Waals surface area contributed by atoms with Gasteiger partial charge in [-0.3, -0.25) is 4.79 Å². The highest BCUT2D eigenvalue weighted by Crippen LogP contribution is 2.25. The molecule has 0 aliphatic heterocycles. The van der Waals surface area contributed by atoms with Gasteiger partial charge in [-0.05, 0) is 50.6 Å². The van der Waals surface area contributed by atoms with Crippen LogP contribution in [0.4, 0.5) is 0 Å². The standard InChI is InChI=1S/C21H28N2O6S/c1-7-22(30(26,27)17-11-9-16(28-5)10-12-17)13-18(24)19-14(3)20(21(25)29-6)23(8-2)15(19)4/h9-12H,7-8,13H2,1-6H3. The van der Waals surface area contributed by atoms with E-state index in [1.54, 1.807) is 37.5 Å². The Morgan fingerprint density at radius 1 is 1.07 bits per heavy atom. The Balaban J connectivity index is 2.42. The molecule has 0 spiro atoms. The van der Waals surface area contributed by atoms with E-state index < -0.39 is 16.0 Å². The maximum Gasteiger partial charge on any atom is 0.354 e. The number of carbonyl (C=O) groups excluding carboxylic acids is 2. The quantitative estimate of drug-likeness (QED) is 0.443. The largest absolute Gasteiger partial charge is 0.497 e. The number of benzene rings is 1. The number of hydrogen-bond donors (Lipinski definition) is 0. The topological polar surface area (TPSA) is 94.9 Å². The van der Waals surface area contributed by atoms with Gasteiger partial charge in [0, 0.05) is 24.3 Å². The fourth-order valence-corrected chi connectivity index (χ4v) is 4.97. The minimum Gasteiger partial charge on any atom is -0.497 e. The van der Waals surface area contributed by atoms with Gasteiger partial charge in [-0.2, -0.15) is 4.31 Å². The molecule has 1 aromatic carbocycles. The van der Waals surface area contributed by atoms with Crippen molar-refractivity contribution in [3.63, 3.8) is 0 Å². The number of aromatic nitrogens is 1. The first-order chi connectivity index (χ1) is 14.1. The van der Waals surface area contributed by atoms with E-state index >= 15 is 0 Å². The van der Waals surface area contributed by atoms with E-state index in [4.69, 9.17) is 9.47 Å². The highest BCUT2D eigenvalue weighted by atomic mass is 32.2. The summed E-state index contributed by atoms with van der Waals surface area (Å²) in [4.78, 5) is 25.4. The predicted molar refractivity (Wildman–Crippen MR) is 113 cm³/mol. The molecule has 0 bridgehead atoms. The van der Waals surface area contributed by atoms with Gasteiger partial charge in [-0.15, -0.1) is 0 Å². The van der Waals surface area contributed by atoms with E-state index in [0.717, 1.165) is 4.31 Å². The minimum absolute atomic E-state index is 0.0766. The number of sulfonamides is 1. The minimum atomic E-state index is -3.88. The highest BCUT2D eigenvalue weighted by molar-refractivity contribution is 7.89. The average molecular weight is 437 g/mol. The number of ketones is 1. The highest BCUT2D eigenvalue weighted by Gasteiger charge is 2.30. The van der Waals surface area contributed by atoms with Gasteiger partial charge in [0.15, 0.2) is 5.78 Å². The molecular formula is C21H28N2O6S. The number of rotatable bonds is 9. The molecule has 8 nitrogen and oxygen atoms in total. The lowest BCUT2D eigenvalue weighted by Gasteiger charge is -2.20. The van der Waals surface area contributed by atoms with E-state index in [0.29, 0.717) is 34.8 Å². The number of nitrogens with zero attached hydrogens (tertiary/aromatic N) is 2. The molecule has 0 amide bonds. The van der Waals surface area contributed by atoms with E-state index in [1.165, 1.54) is 26.4 Å². The van der Waals surface area contributed by atoms with E-state index in [-0.39, 0.29) is 23.8 Å². The zero-order valence-corrected chi connectivity index (χ0v) is 19.0. The summed E-state index contributed by atoms with van der Waals surface area (Å²) in [5.41, 5.74) is 1.75. The molecule has 9 heteroatoms. The molecule has 0 N–H and O–H groups in total. The zero-order valence-electron chi connectivity index (χ0n) is 18.2. The molecule has 0 fully saturated rings. The first-order valence-electron chi connectivity index (χ1n) is 9.59. The monoisotopic (exact) mass is 436 g/mol. The second kappa shape index (κ2) is 9.44. The SMILES string of the molecule is CCN(CC(=O)c1c(C)c(C(=O)OC)n(CC)c1C)S(=O)(=O)c1ccc(OC)cc1. The first-order valence-corrected chi connectivity index (χ1v) is 11.0. The summed E-state index contributed by atoms with van der Waals surface area (Å²) in [7, 11) is -1.10. The van der Waals surface area contributed by atoms with Crippen LogP contribution >= 0.6 is 0 Å². The van der Waals surface area contributed by atoms with Crippen molar-refractivity contribution in [1.29, 1.82) is 0 Å². The summed E-state index contributed by atoms with van der Waals surface area (Å²) in [5.74, 6) is -0.369. The first kappa shape index (κ1) is 23.6. The van der Waals surface area contributed by atoms with Crippen LogP contribution in [0.5, 0.6) is 5.75 Å². The third-order valence-electron chi connectivity index (χ3n) is 5.11. The number of methoxy groups -OCH3 is 2. The maximum absolute atomic E-state index is 13.1. The number of ether oxygens (including phenoxy) is 2. The number of carbonyl (C=O) groups is 2. The molecule has 0 aliphatic rings. The van der Waals surface area contributed by atoms with Crippen LogP contribution in [0, 0.1) is 13.8 Å². The van der Waals surface area contributed by atoms with Crippen LogP contribution in [-0.2, 0) is 21.3 Å². The molecule has 30 heavy (non-hydrogen) atoms. The molecule has 0 atom stereocenters. The lowest BCUT2D eigenvalue weighted by molar-refractivity contribution is 0.0587. The Bertz CT molecular complexity index is 1040. The molecule has 0 unspecified atom stereocenters. The zero-order chi connectivity index (χ0) is 22.6. The van der Waals surface area contributed by atoms with Gasteiger partial charge in [-0.25, -0.2) is 13.2 Å². The van der Waals surface area contributed by atoms with Crippen molar-refractivity contribution in [2.45, 2.75) is 39.1 Å². The Morgan fingerprint density at radius 3 is 2.13 bits per heavy atom. The summed E-state index contributed by atoms with van der Waals surface area (Å²) in [6.45, 7) is 7.21. The fourth-order valence-electron chi connectivity index (χ4n) is 3.56. The second-order valence-corrected chi connectivity index (χ2v) is 8.64. The Hall–Kier alpha value is -2.65. The van der Waals surface area contributed by atoms with Crippen LogP contribution in [-0.4, -0.2) is 56.4 Å². The van der Waals surface area contributed by atoms with Crippen molar-refractivity contribution >= 4 is 21.8 Å². The van der Waals surface area contributed by atoms with Crippen molar-refractivity contribution in [3.8, 4) is 5.75 Å². The molecule has 1 aromatic heterocycles. The Labute approximate surface area is 177 Å². The summed E-state index contributed by atoms with van der Waals surface area (Å²) >= 11 is 0. The van der Waals surface area contributed by atoms with Crippen LogP contribution in [0.2, 0.25) is 0 Å². The van der Waals surface area contributed by atoms with Crippen LogP contribution in [0.3, 0.4) is 0 Å². The van der Waals surface area contributed by atoms with Gasteiger partial charge >= 0.3 is 5.97 Å². The Kier molecular flexibility index (Phi) is 7.44. The lowest BCUT2D eigenvalue weighted by atomic mass is 10.1. The van der Waals surface area contributed by atoms with Gasteiger partial charge in [0.05, 0.1) is 25.7 Å². The van der Waals surface area contributed by atoms with Gasteiger partial charge < -0.3 is 14.0 Å². The fraction of sp³-hybridized carbons (Fsp3) is 0.429. The van der Waals surface area contributed by atoms with Crippen molar-refractivity contribution in [1.82, 2.24) is 8.87 Å². The molecule has 1 heterocycles. The van der Waals surface area contributed by atoms with Crippen molar-refractivity contribution in [3.05, 3.63) is 46.8 Å². The molecule has 2 rings (SSSR count). The lowest BCUT2D eigenvalue weighted by Crippen LogP contribution is -2.35. The maximum atomic E-state index is 13.1. The van der Waals surface area contributed by atoms with Gasteiger partial charge in [0.1, 0.15) is 11.4 Å². The third-order valence-corrected chi connectivity index (χ3v) is 7.05. The molecule has 0 radical (unpaired) electrons. The van der Waals surface area contributed by atoms with Crippen molar-refractivity contribution in [2.24, 2.45) is 0 Å². The van der Waals surface area contributed by atoms with Crippen LogP contribution < -0.4 is 4.74 Å². The molecule has 0 saturated heterocycles. The summed E-state index contributed by atoms with van der Waals surface area (Å²) < 4.78 is 38.8. The van der Waals surface area contributed by atoms with Gasteiger partial charge in [0.2, 0.25) is 10.0 Å². The summed E-state index contributed by atoms with van der Waals surface area (Å²) in [5, 5.41) is 0. The van der Waals surface area contributed by atoms with Crippen molar-refractivity contribution in [2.75, 3.05) is 27.3 Å². The normalized spacial score (nSPS) is 11.6. The van der Waals surface area contributed by atoms with Crippen LogP contribution in [0.25, 0.3) is 0 Å². The van der Waals surface area contributed by atoms with E-state index in [1.807, 2.05) is 6.92 Å². The number of Topliss-reactive ketones (excluding diaryl/α,β-unsaturated/α-hetero) is 1. The molecular weight excluding hydrogens is 408 g/mol. The molecule has 2 aromatic rings. The average Bonchev–Trinajstić information content (AvgIpc) is 3.00. The Morgan fingerprint density at radius 2 is 1.67 bits per heavy atom. The molecule has 164 valence electrons. The smallest absolute Gasteiger partial charge is 0.354 e. The molecule has 0 aliphatic carbocycles. The summed E-state index contributed by atoms with van der Waals surface area (Å²) in [6, 6.07) is 6.00. The second-order valence-electron chi connectivity index (χ2n) is 6.70. The van der Waals surface area contributed by atoms with Gasteiger partial charge in [-0.1, -0.05) is 6.92 Å². The van der Waals surface area contributed by atoms with E-state index in [2.05, 4.69) is 0 Å². The van der Waals surface area contributed by atoms with Crippen LogP contribution in [0.1, 0.15) is 46.0 Å². The van der Waals surface area contributed by atoms with Gasteiger partial charge in [0.25, 0.3) is 0 Å². The predicted octanol–water partition coefficient (Wildman–Crippen LogP) is 2.81.